The van der Waals surface area contributed by atoms with Crippen LogP contribution in [-0.4, -0.2) is 37.7 Å². The van der Waals surface area contributed by atoms with Crippen molar-refractivity contribution in [3.63, 3.8) is 0 Å². The van der Waals surface area contributed by atoms with E-state index < -0.39 is 10.0 Å². The first-order valence-electron chi connectivity index (χ1n) is 7.63. The van der Waals surface area contributed by atoms with E-state index in [0.717, 1.165) is 10.1 Å². The summed E-state index contributed by atoms with van der Waals surface area (Å²) in [6.07, 6.45) is 0. The van der Waals surface area contributed by atoms with Crippen LogP contribution in [0.4, 0.5) is 5.13 Å². The third kappa shape index (κ3) is 3.69. The van der Waals surface area contributed by atoms with Gasteiger partial charge in [0.05, 0.1) is 4.90 Å². The average molecular weight is 391 g/mol. The summed E-state index contributed by atoms with van der Waals surface area (Å²) in [7, 11) is -0.613. The number of hydrogen-bond donors (Lipinski definition) is 1. The molecule has 0 atom stereocenters. The van der Waals surface area contributed by atoms with Crippen LogP contribution < -0.4 is 5.32 Å². The van der Waals surface area contributed by atoms with E-state index in [9.17, 15) is 13.2 Å². The molecule has 0 saturated heterocycles. The molecule has 7 nitrogen and oxygen atoms in total. The van der Waals surface area contributed by atoms with Crippen molar-refractivity contribution < 1.29 is 17.6 Å². The zero-order chi connectivity index (χ0) is 18.9. The second-order valence-corrected chi connectivity index (χ2v) is 8.72. The topological polar surface area (TPSA) is 92.5 Å². The molecular formula is C17H17N3O4S2. The SMILES string of the molecule is Cc1ccc(-c2csc(NC(=O)c3ccc(S(=O)(=O)N(C)C)cc3)n2)o1. The molecule has 0 unspecified atom stereocenters. The fourth-order valence-corrected chi connectivity index (χ4v) is 3.77. The number of carbonyl (C=O) groups is 1. The molecular weight excluding hydrogens is 374 g/mol. The Morgan fingerprint density at radius 2 is 1.85 bits per heavy atom. The molecule has 2 aromatic heterocycles. The Morgan fingerprint density at radius 3 is 2.42 bits per heavy atom. The van der Waals surface area contributed by atoms with Crippen molar-refractivity contribution in [1.29, 1.82) is 0 Å². The summed E-state index contributed by atoms with van der Waals surface area (Å²) in [6.45, 7) is 1.85. The number of aryl methyl sites for hydroxylation is 1. The van der Waals surface area contributed by atoms with Crippen LogP contribution in [0, 0.1) is 6.92 Å². The quantitative estimate of drug-likeness (QED) is 0.721. The summed E-state index contributed by atoms with van der Waals surface area (Å²) in [6, 6.07) is 9.41. The largest absolute Gasteiger partial charge is 0.460 e. The van der Waals surface area contributed by atoms with Crippen molar-refractivity contribution >= 4 is 32.4 Å². The van der Waals surface area contributed by atoms with Gasteiger partial charge in [-0.1, -0.05) is 0 Å². The number of nitrogens with one attached hydrogen (secondary N) is 1. The van der Waals surface area contributed by atoms with Crippen LogP contribution in [0.5, 0.6) is 0 Å². The maximum atomic E-state index is 12.3. The molecule has 9 heteroatoms. The van der Waals surface area contributed by atoms with Gasteiger partial charge in [0.15, 0.2) is 10.9 Å². The maximum absolute atomic E-state index is 12.3. The van der Waals surface area contributed by atoms with Crippen LogP contribution in [0.15, 0.2) is 51.1 Å². The fourth-order valence-electron chi connectivity index (χ4n) is 2.17. The third-order valence-electron chi connectivity index (χ3n) is 3.61. The molecule has 0 aliphatic carbocycles. The van der Waals surface area contributed by atoms with Crippen LogP contribution in [0.2, 0.25) is 0 Å². The molecule has 0 fully saturated rings. The number of hydrogen-bond acceptors (Lipinski definition) is 6. The monoisotopic (exact) mass is 391 g/mol. The van der Waals surface area contributed by atoms with E-state index in [1.807, 2.05) is 19.1 Å². The number of aromatic nitrogens is 1. The second kappa shape index (κ2) is 7.02. The van der Waals surface area contributed by atoms with Crippen molar-refractivity contribution in [1.82, 2.24) is 9.29 Å². The Hall–Kier alpha value is -2.49. The van der Waals surface area contributed by atoms with Crippen molar-refractivity contribution in [3.8, 4) is 11.5 Å². The van der Waals surface area contributed by atoms with E-state index in [-0.39, 0.29) is 10.8 Å². The number of sulfonamides is 1. The number of amides is 1. The lowest BCUT2D eigenvalue weighted by Crippen LogP contribution is -2.22. The van der Waals surface area contributed by atoms with E-state index in [2.05, 4.69) is 10.3 Å². The summed E-state index contributed by atoms with van der Waals surface area (Å²) in [5, 5.41) is 4.93. The summed E-state index contributed by atoms with van der Waals surface area (Å²) >= 11 is 1.28. The first-order valence-corrected chi connectivity index (χ1v) is 9.95. The van der Waals surface area contributed by atoms with Crippen molar-refractivity contribution in [2.45, 2.75) is 11.8 Å². The lowest BCUT2D eigenvalue weighted by Gasteiger charge is -2.11. The van der Waals surface area contributed by atoms with Gasteiger partial charge < -0.3 is 4.42 Å². The fraction of sp³-hybridized carbons (Fsp3) is 0.176. The zero-order valence-corrected chi connectivity index (χ0v) is 16.0. The number of thiazole rings is 1. The van der Waals surface area contributed by atoms with Gasteiger partial charge in [0.25, 0.3) is 5.91 Å². The van der Waals surface area contributed by atoms with Gasteiger partial charge in [0.1, 0.15) is 11.5 Å². The highest BCUT2D eigenvalue weighted by atomic mass is 32.2. The molecule has 0 spiro atoms. The minimum Gasteiger partial charge on any atom is -0.460 e. The molecule has 0 aliphatic rings. The van der Waals surface area contributed by atoms with Gasteiger partial charge >= 0.3 is 0 Å². The Morgan fingerprint density at radius 1 is 1.15 bits per heavy atom. The normalized spacial score (nSPS) is 11.7. The molecule has 0 bridgehead atoms. The summed E-state index contributed by atoms with van der Waals surface area (Å²) < 4.78 is 30.7. The van der Waals surface area contributed by atoms with Crippen molar-refractivity contribution in [3.05, 3.63) is 53.1 Å². The van der Waals surface area contributed by atoms with E-state index >= 15 is 0 Å². The lowest BCUT2D eigenvalue weighted by molar-refractivity contribution is 0.102. The predicted octanol–water partition coefficient (Wildman–Crippen LogP) is 3.21. The van der Waals surface area contributed by atoms with Crippen molar-refractivity contribution in [2.24, 2.45) is 0 Å². The van der Waals surface area contributed by atoms with E-state index in [0.29, 0.717) is 22.1 Å². The van der Waals surface area contributed by atoms with Crippen LogP contribution >= 0.6 is 11.3 Å². The van der Waals surface area contributed by atoms with Crippen LogP contribution in [0.1, 0.15) is 16.1 Å². The molecule has 136 valence electrons. The molecule has 0 saturated carbocycles. The average Bonchev–Trinajstić information content (AvgIpc) is 3.23. The molecule has 1 N–H and O–H groups in total. The van der Waals surface area contributed by atoms with Gasteiger partial charge in [-0.05, 0) is 43.3 Å². The number of benzene rings is 1. The zero-order valence-electron chi connectivity index (χ0n) is 14.4. The van der Waals surface area contributed by atoms with Crippen LogP contribution in [-0.2, 0) is 10.0 Å². The molecule has 2 heterocycles. The Bertz CT molecular complexity index is 1030. The van der Waals surface area contributed by atoms with Crippen LogP contribution in [0.3, 0.4) is 0 Å². The highest BCUT2D eigenvalue weighted by molar-refractivity contribution is 7.89. The van der Waals surface area contributed by atoms with E-state index in [4.69, 9.17) is 4.42 Å². The van der Waals surface area contributed by atoms with Gasteiger partial charge in [0.2, 0.25) is 10.0 Å². The minimum absolute atomic E-state index is 0.128. The number of carbonyl (C=O) groups excluding carboxylic acids is 1. The number of nitrogens with zero attached hydrogens (tertiary/aromatic N) is 2. The first-order chi connectivity index (χ1) is 12.3. The first kappa shape index (κ1) is 18.3. The second-order valence-electron chi connectivity index (χ2n) is 5.71. The molecule has 1 aromatic carbocycles. The van der Waals surface area contributed by atoms with Gasteiger partial charge in [-0.2, -0.15) is 0 Å². The lowest BCUT2D eigenvalue weighted by atomic mass is 10.2. The summed E-state index contributed by atoms with van der Waals surface area (Å²) in [5.41, 5.74) is 0.985. The summed E-state index contributed by atoms with van der Waals surface area (Å²) in [4.78, 5) is 16.8. The molecule has 3 rings (SSSR count). The van der Waals surface area contributed by atoms with Gasteiger partial charge in [-0.3, -0.25) is 10.1 Å². The minimum atomic E-state index is -3.52. The standard InChI is InChI=1S/C17H17N3O4S2/c1-11-4-9-15(24-11)14-10-25-17(18-14)19-16(21)12-5-7-13(8-6-12)26(22,23)20(2)3/h4-10H,1-3H3,(H,18,19,21). The Labute approximate surface area is 155 Å². The smallest absolute Gasteiger partial charge is 0.257 e. The molecule has 3 aromatic rings. The molecule has 0 aliphatic heterocycles. The van der Waals surface area contributed by atoms with E-state index in [1.54, 1.807) is 5.38 Å². The van der Waals surface area contributed by atoms with E-state index in [1.165, 1.54) is 49.7 Å². The van der Waals surface area contributed by atoms with Gasteiger partial charge in [-0.25, -0.2) is 17.7 Å². The predicted molar refractivity (Wildman–Crippen MR) is 99.8 cm³/mol. The molecule has 26 heavy (non-hydrogen) atoms. The Kier molecular flexibility index (Phi) is 4.94. The number of furan rings is 1. The van der Waals surface area contributed by atoms with Crippen molar-refractivity contribution in [2.75, 3.05) is 19.4 Å². The highest BCUT2D eigenvalue weighted by Gasteiger charge is 2.18. The van der Waals surface area contributed by atoms with Crippen LogP contribution in [0.25, 0.3) is 11.5 Å². The molecule has 0 radical (unpaired) electrons. The third-order valence-corrected chi connectivity index (χ3v) is 6.20. The number of rotatable bonds is 5. The van der Waals surface area contributed by atoms with Gasteiger partial charge in [0, 0.05) is 25.0 Å². The summed E-state index contributed by atoms with van der Waals surface area (Å²) in [5.74, 6) is 1.05. The molecule has 1 amide bonds. The maximum Gasteiger partial charge on any atom is 0.257 e. The Balaban J connectivity index is 1.74. The van der Waals surface area contributed by atoms with Gasteiger partial charge in [-0.15, -0.1) is 11.3 Å². The highest BCUT2D eigenvalue weighted by Crippen LogP contribution is 2.26. The number of anilines is 1.